The number of hydrogen-bond acceptors (Lipinski definition) is 5. The van der Waals surface area contributed by atoms with Crippen molar-refractivity contribution in [1.82, 2.24) is 4.98 Å². The average Bonchev–Trinajstić information content (AvgIpc) is 3.07. The summed E-state index contributed by atoms with van der Waals surface area (Å²) in [5.41, 5.74) is 7.61. The Morgan fingerprint density at radius 3 is 2.53 bits per heavy atom. The highest BCUT2D eigenvalue weighted by Gasteiger charge is 2.48. The molecule has 1 saturated carbocycles. The topological polar surface area (TPSA) is 104 Å². The number of benzene rings is 2. The quantitative estimate of drug-likeness (QED) is 0.546. The summed E-state index contributed by atoms with van der Waals surface area (Å²) in [4.78, 5) is 29.5. The van der Waals surface area contributed by atoms with Gasteiger partial charge in [-0.15, -0.1) is 8.78 Å². The summed E-state index contributed by atoms with van der Waals surface area (Å²) in [5.74, 6) is -0.637. The van der Waals surface area contributed by atoms with E-state index in [-0.39, 0.29) is 20.3 Å². The molecule has 0 spiro atoms. The first-order chi connectivity index (χ1) is 16.2. The monoisotopic (exact) mass is 469 g/mol. The van der Waals surface area contributed by atoms with Gasteiger partial charge in [-0.3, -0.25) is 9.59 Å². The molecule has 0 radical (unpaired) electrons. The van der Waals surface area contributed by atoms with Crippen LogP contribution in [-0.4, -0.2) is 23.1 Å². The van der Waals surface area contributed by atoms with E-state index in [1.54, 1.807) is 30.3 Å². The highest BCUT2D eigenvalue weighted by atomic mass is 19.3. The molecule has 7 nitrogen and oxygen atoms in total. The minimum Gasteiger partial charge on any atom is -0.395 e. The highest BCUT2D eigenvalue weighted by molar-refractivity contribution is 5.99. The van der Waals surface area contributed by atoms with Gasteiger partial charge in [0.15, 0.2) is 11.5 Å². The van der Waals surface area contributed by atoms with E-state index in [0.29, 0.717) is 41.0 Å². The number of pyridine rings is 1. The van der Waals surface area contributed by atoms with Crippen molar-refractivity contribution in [3.8, 4) is 22.8 Å². The number of halogens is 2. The molecule has 0 atom stereocenters. The van der Waals surface area contributed by atoms with Gasteiger partial charge in [0.05, 0.1) is 11.1 Å². The van der Waals surface area contributed by atoms with E-state index in [1.165, 1.54) is 12.1 Å². The van der Waals surface area contributed by atoms with Gasteiger partial charge in [0.2, 0.25) is 11.8 Å². The minimum absolute atomic E-state index is 0. The Kier molecular flexibility index (Phi) is 5.00. The van der Waals surface area contributed by atoms with Crippen molar-refractivity contribution in [2.45, 2.75) is 37.9 Å². The smallest absolute Gasteiger partial charge is 0.395 e. The van der Waals surface area contributed by atoms with Crippen LogP contribution < -0.4 is 20.5 Å². The molecule has 3 aromatic rings. The lowest BCUT2D eigenvalue weighted by Crippen LogP contribution is -2.46. The first-order valence-electron chi connectivity index (χ1n) is 10.8. The van der Waals surface area contributed by atoms with Crippen molar-refractivity contribution >= 4 is 17.6 Å². The summed E-state index contributed by atoms with van der Waals surface area (Å²) in [6.07, 6.45) is -1.77. The number of hydrogen-bond donors (Lipinski definition) is 2. The fourth-order valence-electron chi connectivity index (χ4n) is 4.37. The van der Waals surface area contributed by atoms with E-state index in [0.717, 1.165) is 12.0 Å². The van der Waals surface area contributed by atoms with Crippen LogP contribution in [-0.2, 0) is 10.2 Å². The molecule has 2 amide bonds. The maximum absolute atomic E-state index is 13.4. The molecule has 1 aromatic heterocycles. The molecule has 0 bridgehead atoms. The van der Waals surface area contributed by atoms with Gasteiger partial charge in [-0.1, -0.05) is 30.7 Å². The molecule has 1 fully saturated rings. The van der Waals surface area contributed by atoms with E-state index in [4.69, 9.17) is 5.73 Å². The normalized spacial score (nSPS) is 17.0. The maximum Gasteiger partial charge on any atom is 0.586 e. The Bertz CT molecular complexity index is 1330. The molecule has 2 heterocycles. The number of aromatic nitrogens is 1. The highest BCUT2D eigenvalue weighted by Crippen LogP contribution is 2.49. The first-order valence-corrected chi connectivity index (χ1v) is 10.8. The number of carbonyl (C=O) groups is 2. The van der Waals surface area contributed by atoms with Crippen LogP contribution in [0.3, 0.4) is 0 Å². The molecule has 0 unspecified atom stereocenters. The summed E-state index contributed by atoms with van der Waals surface area (Å²) < 4.78 is 35.9. The lowest BCUT2D eigenvalue weighted by molar-refractivity contribution is -0.286. The van der Waals surface area contributed by atoms with Gasteiger partial charge < -0.3 is 20.5 Å². The van der Waals surface area contributed by atoms with E-state index >= 15 is 0 Å². The first kappa shape index (κ1) is 21.8. The van der Waals surface area contributed by atoms with E-state index in [9.17, 15) is 18.4 Å². The molecule has 178 valence electrons. The van der Waals surface area contributed by atoms with Gasteiger partial charge in [-0.05, 0) is 61.2 Å². The zero-order chi connectivity index (χ0) is 24.1. The molecule has 2 aliphatic rings. The molecule has 0 saturated heterocycles. The summed E-state index contributed by atoms with van der Waals surface area (Å²) in [6, 6.07) is 14.8. The number of ether oxygens (including phenoxy) is 2. The van der Waals surface area contributed by atoms with Crippen LogP contribution in [0.1, 0.15) is 43.6 Å². The van der Waals surface area contributed by atoms with Crippen LogP contribution >= 0.6 is 0 Å². The summed E-state index contributed by atoms with van der Waals surface area (Å²) in [7, 11) is 0. The molecule has 9 heteroatoms. The molecule has 1 aliphatic carbocycles. The SMILES string of the molecule is Cc1ccc(NC(=O)C2(c3ccc4c(c3)OC(F)(F)O4)CCC2)nc1-c1cccc(C(N)=O)c1.[HH].[HH]. The number of nitrogens with zero attached hydrogens (tertiary/aromatic N) is 1. The van der Waals surface area contributed by atoms with Crippen LogP contribution in [0.2, 0.25) is 0 Å². The summed E-state index contributed by atoms with van der Waals surface area (Å²) >= 11 is 0. The lowest BCUT2D eigenvalue weighted by Gasteiger charge is -2.40. The predicted octanol–water partition coefficient (Wildman–Crippen LogP) is 5.03. The fourth-order valence-corrected chi connectivity index (χ4v) is 4.37. The summed E-state index contributed by atoms with van der Waals surface area (Å²) in [6.45, 7) is 1.88. The van der Waals surface area contributed by atoms with Gasteiger partial charge in [-0.25, -0.2) is 4.98 Å². The van der Waals surface area contributed by atoms with E-state index < -0.39 is 17.6 Å². The number of primary amides is 1. The second kappa shape index (κ2) is 7.79. The van der Waals surface area contributed by atoms with Crippen molar-refractivity contribution in [3.63, 3.8) is 0 Å². The number of aryl methyl sites for hydroxylation is 1. The van der Waals surface area contributed by atoms with Gasteiger partial charge in [0, 0.05) is 14.0 Å². The second-order valence-corrected chi connectivity index (χ2v) is 8.53. The number of fused-ring (bicyclic) bond motifs is 1. The molecular formula is C25H25F2N3O4. The Morgan fingerprint density at radius 1 is 1.06 bits per heavy atom. The van der Waals surface area contributed by atoms with Gasteiger partial charge >= 0.3 is 6.29 Å². The van der Waals surface area contributed by atoms with Gasteiger partial charge in [-0.2, -0.15) is 0 Å². The zero-order valence-corrected chi connectivity index (χ0v) is 18.2. The van der Waals surface area contributed by atoms with E-state index in [2.05, 4.69) is 19.8 Å². The number of rotatable bonds is 5. The van der Waals surface area contributed by atoms with Gasteiger partial charge in [0.25, 0.3) is 0 Å². The third kappa shape index (κ3) is 3.72. The standard InChI is InChI=1S/C25H21F2N3O4.2H2/c1-14-6-9-20(29-21(14)15-4-2-5-16(12-15)22(28)31)30-23(32)24(10-3-11-24)17-7-8-18-19(13-17)34-25(26,27)33-18;;/h2,4-9,12-13H,3,10-11H2,1H3,(H2,28,31)(H,29,30,32);2*1H. The Morgan fingerprint density at radius 2 is 1.82 bits per heavy atom. The molecule has 1 aliphatic heterocycles. The van der Waals surface area contributed by atoms with Crippen LogP contribution in [0.4, 0.5) is 14.6 Å². The number of nitrogens with two attached hydrogens (primary N) is 1. The van der Waals surface area contributed by atoms with Crippen LogP contribution in [0.25, 0.3) is 11.3 Å². The van der Waals surface area contributed by atoms with Crippen molar-refractivity contribution in [2.24, 2.45) is 5.73 Å². The summed E-state index contributed by atoms with van der Waals surface area (Å²) in [5, 5.41) is 2.88. The number of carbonyl (C=O) groups excluding carboxylic acids is 2. The van der Waals surface area contributed by atoms with Crippen molar-refractivity contribution in [1.29, 1.82) is 0 Å². The van der Waals surface area contributed by atoms with Crippen molar-refractivity contribution < 1.29 is 30.7 Å². The third-order valence-electron chi connectivity index (χ3n) is 6.35. The van der Waals surface area contributed by atoms with Crippen LogP contribution in [0, 0.1) is 6.92 Å². The van der Waals surface area contributed by atoms with Crippen LogP contribution in [0.5, 0.6) is 11.5 Å². The fraction of sp³-hybridized carbons (Fsp3) is 0.240. The minimum atomic E-state index is -3.72. The second-order valence-electron chi connectivity index (χ2n) is 8.53. The lowest BCUT2D eigenvalue weighted by atomic mass is 9.63. The average molecular weight is 469 g/mol. The van der Waals surface area contributed by atoms with Crippen LogP contribution in [0.15, 0.2) is 54.6 Å². The number of nitrogens with one attached hydrogen (secondary N) is 1. The zero-order valence-electron chi connectivity index (χ0n) is 18.2. The Balaban J connectivity index is 0.00000180. The largest absolute Gasteiger partial charge is 0.586 e. The molecule has 2 aromatic carbocycles. The van der Waals surface area contributed by atoms with Gasteiger partial charge in [0.1, 0.15) is 5.82 Å². The Labute approximate surface area is 196 Å². The molecule has 3 N–H and O–H groups in total. The molecule has 34 heavy (non-hydrogen) atoms. The molecular weight excluding hydrogens is 444 g/mol. The third-order valence-corrected chi connectivity index (χ3v) is 6.35. The predicted molar refractivity (Wildman–Crippen MR) is 124 cm³/mol. The van der Waals surface area contributed by atoms with Crippen molar-refractivity contribution in [2.75, 3.05) is 5.32 Å². The number of amides is 2. The maximum atomic E-state index is 13.4. The Hall–Kier alpha value is -4.01. The number of anilines is 1. The van der Waals surface area contributed by atoms with E-state index in [1.807, 2.05) is 19.1 Å². The molecule has 5 rings (SSSR count). The number of alkyl halides is 2. The van der Waals surface area contributed by atoms with Crippen molar-refractivity contribution in [3.05, 3.63) is 71.3 Å².